The molecule has 0 unspecified atom stereocenters. The van der Waals surface area contributed by atoms with Crippen molar-refractivity contribution in [2.45, 2.75) is 182 Å². The molecule has 0 radical (unpaired) electrons. The van der Waals surface area contributed by atoms with Gasteiger partial charge in [-0.05, 0) is 37.8 Å². The maximum absolute atomic E-state index is 13.4. The summed E-state index contributed by atoms with van der Waals surface area (Å²) in [5, 5.41) is 0. The van der Waals surface area contributed by atoms with Gasteiger partial charge >= 0.3 is 0 Å². The highest BCUT2D eigenvalue weighted by Crippen LogP contribution is 2.27. The Labute approximate surface area is 297 Å². The topological polar surface area (TPSA) is 59.1 Å². The van der Waals surface area contributed by atoms with Crippen molar-refractivity contribution in [3.8, 4) is 11.5 Å². The summed E-state index contributed by atoms with van der Waals surface area (Å²) in [7, 11) is 0. The Bertz CT molecular complexity index is 789. The zero-order valence-electron chi connectivity index (χ0n) is 32.1. The number of rotatable bonds is 34. The zero-order chi connectivity index (χ0) is 34.9. The number of carbonyl (C=O) groups excluding carboxylic acids is 2. The van der Waals surface area contributed by atoms with Gasteiger partial charge < -0.3 is 19.3 Å². The predicted molar refractivity (Wildman–Crippen MR) is 204 cm³/mol. The molecule has 2 amide bonds. The van der Waals surface area contributed by atoms with Crippen LogP contribution in [0.1, 0.15) is 182 Å². The van der Waals surface area contributed by atoms with E-state index >= 15 is 0 Å². The zero-order valence-corrected chi connectivity index (χ0v) is 32.1. The number of nitrogens with zero attached hydrogens (tertiary/aromatic N) is 2. The highest BCUT2D eigenvalue weighted by molar-refractivity contribution is 5.78. The summed E-state index contributed by atoms with van der Waals surface area (Å²) in [6.45, 7) is 12.1. The first-order valence-electron chi connectivity index (χ1n) is 20.5. The van der Waals surface area contributed by atoms with Gasteiger partial charge in [-0.1, -0.05) is 168 Å². The lowest BCUT2D eigenvalue weighted by Crippen LogP contribution is -2.37. The first-order valence-corrected chi connectivity index (χ1v) is 20.5. The molecule has 48 heavy (non-hydrogen) atoms. The normalized spacial score (nSPS) is 11.1. The van der Waals surface area contributed by atoms with E-state index in [4.69, 9.17) is 9.47 Å². The lowest BCUT2D eigenvalue weighted by atomic mass is 10.1. The summed E-state index contributed by atoms with van der Waals surface area (Å²) < 4.78 is 12.1. The van der Waals surface area contributed by atoms with Crippen LogP contribution in [0.15, 0.2) is 24.3 Å². The van der Waals surface area contributed by atoms with E-state index in [0.29, 0.717) is 11.5 Å². The summed E-state index contributed by atoms with van der Waals surface area (Å²) in [5.74, 6) is 1.12. The molecule has 1 aromatic carbocycles. The number of benzene rings is 1. The summed E-state index contributed by atoms with van der Waals surface area (Å²) in [5.41, 5.74) is 0. The molecular weight excluding hydrogens is 596 g/mol. The SMILES string of the molecule is CCCCCCCCN(CCCCCCCC)C(=O)COc1ccccc1OCC(=O)N(CCCCCCCC)CCCCCCCC. The Hall–Kier alpha value is -2.24. The molecule has 0 aliphatic carbocycles. The van der Waals surface area contributed by atoms with Gasteiger partial charge in [-0.3, -0.25) is 9.59 Å². The van der Waals surface area contributed by atoms with Crippen LogP contribution in [0.3, 0.4) is 0 Å². The van der Waals surface area contributed by atoms with Crippen LogP contribution in [-0.2, 0) is 9.59 Å². The highest BCUT2D eigenvalue weighted by atomic mass is 16.5. The van der Waals surface area contributed by atoms with E-state index in [1.807, 2.05) is 34.1 Å². The van der Waals surface area contributed by atoms with Crippen molar-refractivity contribution in [2.24, 2.45) is 0 Å². The van der Waals surface area contributed by atoms with Crippen molar-refractivity contribution in [1.29, 1.82) is 0 Å². The van der Waals surface area contributed by atoms with Gasteiger partial charge in [-0.25, -0.2) is 0 Å². The second-order valence-electron chi connectivity index (χ2n) is 13.9. The molecule has 0 bridgehead atoms. The van der Waals surface area contributed by atoms with Crippen molar-refractivity contribution < 1.29 is 19.1 Å². The molecule has 0 aliphatic heterocycles. The maximum Gasteiger partial charge on any atom is 0.260 e. The fourth-order valence-electron chi connectivity index (χ4n) is 6.20. The van der Waals surface area contributed by atoms with Crippen LogP contribution in [0.5, 0.6) is 11.5 Å². The quantitative estimate of drug-likeness (QED) is 0.0684. The van der Waals surface area contributed by atoms with Crippen LogP contribution < -0.4 is 9.47 Å². The molecule has 0 saturated heterocycles. The van der Waals surface area contributed by atoms with Gasteiger partial charge in [0.25, 0.3) is 11.8 Å². The summed E-state index contributed by atoms with van der Waals surface area (Å²) >= 11 is 0. The van der Waals surface area contributed by atoms with Crippen LogP contribution in [0.4, 0.5) is 0 Å². The van der Waals surface area contributed by atoms with Gasteiger partial charge in [0.1, 0.15) is 0 Å². The second kappa shape index (κ2) is 32.0. The molecule has 0 N–H and O–H groups in total. The van der Waals surface area contributed by atoms with Crippen molar-refractivity contribution in [3.63, 3.8) is 0 Å². The number of amides is 2. The fourth-order valence-corrected chi connectivity index (χ4v) is 6.20. The largest absolute Gasteiger partial charge is 0.480 e. The lowest BCUT2D eigenvalue weighted by Gasteiger charge is -2.24. The van der Waals surface area contributed by atoms with Crippen molar-refractivity contribution in [3.05, 3.63) is 24.3 Å². The number of unbranched alkanes of at least 4 members (excludes halogenated alkanes) is 20. The molecule has 0 saturated carbocycles. The van der Waals surface area contributed by atoms with Crippen LogP contribution in [-0.4, -0.2) is 61.0 Å². The lowest BCUT2D eigenvalue weighted by molar-refractivity contribution is -0.134. The molecule has 1 rings (SSSR count). The predicted octanol–water partition coefficient (Wildman–Crippen LogP) is 11.5. The molecule has 0 spiro atoms. The van der Waals surface area contributed by atoms with Crippen LogP contribution in [0, 0.1) is 0 Å². The molecule has 0 atom stereocenters. The third-order valence-corrected chi connectivity index (χ3v) is 9.38. The van der Waals surface area contributed by atoms with Gasteiger partial charge in [0.15, 0.2) is 24.7 Å². The fraction of sp³-hybridized carbons (Fsp3) is 0.810. The molecule has 0 aliphatic rings. The van der Waals surface area contributed by atoms with E-state index in [1.165, 1.54) is 128 Å². The average molecular weight is 673 g/mol. The smallest absolute Gasteiger partial charge is 0.260 e. The minimum Gasteiger partial charge on any atom is -0.480 e. The van der Waals surface area contributed by atoms with E-state index in [-0.39, 0.29) is 25.0 Å². The Balaban J connectivity index is 2.71. The number of carbonyl (C=O) groups is 2. The first kappa shape index (κ1) is 43.8. The van der Waals surface area contributed by atoms with E-state index in [0.717, 1.165) is 51.9 Å². The van der Waals surface area contributed by atoms with E-state index in [2.05, 4.69) is 27.7 Å². The number of hydrogen-bond acceptors (Lipinski definition) is 4. The minimum atomic E-state index is -0.0117. The van der Waals surface area contributed by atoms with Crippen LogP contribution >= 0.6 is 0 Å². The molecule has 0 fully saturated rings. The molecule has 0 aromatic heterocycles. The average Bonchev–Trinajstić information content (AvgIpc) is 3.10. The monoisotopic (exact) mass is 673 g/mol. The Kier molecular flexibility index (Phi) is 29.2. The van der Waals surface area contributed by atoms with E-state index < -0.39 is 0 Å². The van der Waals surface area contributed by atoms with Gasteiger partial charge in [0.05, 0.1) is 0 Å². The van der Waals surface area contributed by atoms with Gasteiger partial charge in [0.2, 0.25) is 0 Å². The number of hydrogen-bond donors (Lipinski definition) is 0. The standard InChI is InChI=1S/C42H76N2O4/c1-5-9-13-17-21-27-33-43(34-28-22-18-14-10-6-2)41(45)37-47-39-31-25-26-32-40(39)48-38-42(46)44(35-29-23-19-15-11-7-3)36-30-24-20-16-12-8-4/h25-26,31-32H,5-24,27-30,33-38H2,1-4H3. The summed E-state index contributed by atoms with van der Waals surface area (Å²) in [4.78, 5) is 30.8. The van der Waals surface area contributed by atoms with E-state index in [1.54, 1.807) is 0 Å². The van der Waals surface area contributed by atoms with Gasteiger partial charge in [0, 0.05) is 26.2 Å². The number of para-hydroxylation sites is 2. The molecule has 0 heterocycles. The Morgan fingerprint density at radius 2 is 0.667 bits per heavy atom. The third-order valence-electron chi connectivity index (χ3n) is 9.38. The van der Waals surface area contributed by atoms with Crippen LogP contribution in [0.2, 0.25) is 0 Å². The van der Waals surface area contributed by atoms with Gasteiger partial charge in [-0.15, -0.1) is 0 Å². The third kappa shape index (κ3) is 23.2. The molecule has 6 heteroatoms. The molecule has 278 valence electrons. The minimum absolute atomic E-state index is 0.0117. The second-order valence-corrected chi connectivity index (χ2v) is 13.9. The van der Waals surface area contributed by atoms with Crippen molar-refractivity contribution in [2.75, 3.05) is 39.4 Å². The van der Waals surface area contributed by atoms with Crippen molar-refractivity contribution >= 4 is 11.8 Å². The van der Waals surface area contributed by atoms with E-state index in [9.17, 15) is 9.59 Å². The van der Waals surface area contributed by atoms with Crippen molar-refractivity contribution in [1.82, 2.24) is 9.80 Å². The first-order chi connectivity index (χ1) is 23.6. The molecule has 6 nitrogen and oxygen atoms in total. The highest BCUT2D eigenvalue weighted by Gasteiger charge is 2.18. The maximum atomic E-state index is 13.4. The summed E-state index contributed by atoms with van der Waals surface area (Å²) in [6.07, 6.45) is 29.0. The Morgan fingerprint density at radius 1 is 0.417 bits per heavy atom. The summed E-state index contributed by atoms with van der Waals surface area (Å²) in [6, 6.07) is 7.46. The molecule has 1 aromatic rings. The number of ether oxygens (including phenoxy) is 2. The molecular formula is C42H76N2O4. The van der Waals surface area contributed by atoms with Gasteiger partial charge in [-0.2, -0.15) is 0 Å². The van der Waals surface area contributed by atoms with Crippen LogP contribution in [0.25, 0.3) is 0 Å². The Morgan fingerprint density at radius 3 is 0.938 bits per heavy atom.